The first kappa shape index (κ1) is 16.1. The van der Waals surface area contributed by atoms with E-state index in [1.54, 1.807) is 0 Å². The molecular formula is C14H30NP. The van der Waals surface area contributed by atoms with Crippen molar-refractivity contribution in [2.24, 2.45) is 10.8 Å². The molecule has 0 aliphatic heterocycles. The summed E-state index contributed by atoms with van der Waals surface area (Å²) < 4.78 is 0. The van der Waals surface area contributed by atoms with E-state index in [4.69, 9.17) is 0 Å². The molecule has 0 bridgehead atoms. The van der Waals surface area contributed by atoms with Crippen molar-refractivity contribution < 1.29 is 0 Å². The Labute approximate surface area is 105 Å². The summed E-state index contributed by atoms with van der Waals surface area (Å²) >= 11 is 0. The van der Waals surface area contributed by atoms with Gasteiger partial charge in [0.1, 0.15) is 0 Å². The molecule has 1 atom stereocenters. The molecule has 0 aromatic carbocycles. The van der Waals surface area contributed by atoms with Crippen LogP contribution in [0.15, 0.2) is 12.2 Å². The van der Waals surface area contributed by atoms with E-state index < -0.39 is 0 Å². The molecule has 0 saturated heterocycles. The van der Waals surface area contributed by atoms with Crippen molar-refractivity contribution >= 4 is 9.24 Å². The van der Waals surface area contributed by atoms with Crippen molar-refractivity contribution in [3.05, 3.63) is 12.2 Å². The van der Waals surface area contributed by atoms with Gasteiger partial charge in [-0.1, -0.05) is 53.7 Å². The summed E-state index contributed by atoms with van der Waals surface area (Å²) in [6.07, 6.45) is 4.65. The Morgan fingerprint density at radius 3 is 1.56 bits per heavy atom. The van der Waals surface area contributed by atoms with Crippen LogP contribution < -0.4 is 0 Å². The topological polar surface area (TPSA) is 3.24 Å². The maximum Gasteiger partial charge on any atom is 0.0157 e. The Morgan fingerprint density at radius 1 is 0.938 bits per heavy atom. The number of allylic oxidation sites excluding steroid dienone is 1. The Bertz CT molecular complexity index is 226. The van der Waals surface area contributed by atoms with Crippen LogP contribution in [0.2, 0.25) is 0 Å². The average molecular weight is 243 g/mol. The van der Waals surface area contributed by atoms with Crippen LogP contribution in [0.3, 0.4) is 0 Å². The lowest BCUT2D eigenvalue weighted by Gasteiger charge is -2.49. The molecule has 0 aromatic rings. The first-order chi connectivity index (χ1) is 6.92. The van der Waals surface area contributed by atoms with Gasteiger partial charge in [-0.3, -0.25) is 0 Å². The van der Waals surface area contributed by atoms with Crippen LogP contribution in [-0.2, 0) is 0 Å². The predicted molar refractivity (Wildman–Crippen MR) is 79.0 cm³/mol. The van der Waals surface area contributed by atoms with Crippen molar-refractivity contribution in [2.75, 3.05) is 20.6 Å². The molecule has 0 fully saturated rings. The fourth-order valence-electron chi connectivity index (χ4n) is 2.07. The van der Waals surface area contributed by atoms with E-state index >= 15 is 0 Å². The minimum Gasteiger partial charge on any atom is -0.306 e. The molecule has 0 radical (unpaired) electrons. The standard InChI is InChI=1S/C14H30NP/c1-12(2,3)14(16,13(4,5)6)10-9-11-15(7)8/h9-10H,11,16H2,1-8H3/b10-9+. The summed E-state index contributed by atoms with van der Waals surface area (Å²) in [7, 11) is 7.28. The zero-order valence-corrected chi connectivity index (χ0v) is 13.5. The monoisotopic (exact) mass is 243 g/mol. The van der Waals surface area contributed by atoms with E-state index in [1.165, 1.54) is 0 Å². The molecule has 0 amide bonds. The SMILES string of the molecule is CN(C)C/C=C/C(P)(C(C)(C)C)C(C)(C)C. The highest BCUT2D eigenvalue weighted by Gasteiger charge is 2.44. The fourth-order valence-corrected chi connectivity index (χ4v) is 2.21. The van der Waals surface area contributed by atoms with E-state index in [0.717, 1.165) is 6.54 Å². The highest BCUT2D eigenvalue weighted by atomic mass is 31.0. The summed E-state index contributed by atoms with van der Waals surface area (Å²) in [6.45, 7) is 14.9. The molecule has 1 nitrogen and oxygen atoms in total. The minimum atomic E-state index is 0.121. The number of nitrogens with zero attached hydrogens (tertiary/aromatic N) is 1. The van der Waals surface area contributed by atoms with Gasteiger partial charge < -0.3 is 4.90 Å². The first-order valence-corrected chi connectivity index (χ1v) is 6.61. The van der Waals surface area contributed by atoms with Gasteiger partial charge in [-0.25, -0.2) is 0 Å². The van der Waals surface area contributed by atoms with Gasteiger partial charge in [-0.2, -0.15) is 0 Å². The van der Waals surface area contributed by atoms with Gasteiger partial charge in [0, 0.05) is 11.7 Å². The van der Waals surface area contributed by atoms with E-state index in [1.807, 2.05) is 0 Å². The van der Waals surface area contributed by atoms with Gasteiger partial charge in [0.25, 0.3) is 0 Å². The second kappa shape index (κ2) is 5.19. The second-order valence-corrected chi connectivity index (χ2v) is 7.94. The summed E-state index contributed by atoms with van der Waals surface area (Å²) in [5, 5.41) is 0.121. The molecule has 1 unspecified atom stereocenters. The van der Waals surface area contributed by atoms with E-state index in [0.29, 0.717) is 0 Å². The van der Waals surface area contributed by atoms with Crippen LogP contribution in [0.25, 0.3) is 0 Å². The quantitative estimate of drug-likeness (QED) is 0.538. The second-order valence-electron chi connectivity index (χ2n) is 7.03. The predicted octanol–water partition coefficient (Wildman–Crippen LogP) is 3.81. The van der Waals surface area contributed by atoms with E-state index in [2.05, 4.69) is 81.9 Å². The molecular weight excluding hydrogens is 213 g/mol. The molecule has 0 aromatic heterocycles. The number of likely N-dealkylation sites (N-methyl/N-ethyl adjacent to an activating group) is 1. The maximum absolute atomic E-state index is 3.08. The number of hydrogen-bond donors (Lipinski definition) is 0. The lowest BCUT2D eigenvalue weighted by atomic mass is 9.65. The average Bonchev–Trinajstić information content (AvgIpc) is 1.98. The lowest BCUT2D eigenvalue weighted by Crippen LogP contribution is -2.46. The molecule has 16 heavy (non-hydrogen) atoms. The molecule has 2 heteroatoms. The van der Waals surface area contributed by atoms with Gasteiger partial charge in [-0.15, -0.1) is 9.24 Å². The highest BCUT2D eigenvalue weighted by molar-refractivity contribution is 7.19. The summed E-state index contributed by atoms with van der Waals surface area (Å²) in [5.74, 6) is 0. The van der Waals surface area contributed by atoms with Gasteiger partial charge in [0.15, 0.2) is 0 Å². The van der Waals surface area contributed by atoms with Crippen LogP contribution in [0, 0.1) is 10.8 Å². The molecule has 0 N–H and O–H groups in total. The van der Waals surface area contributed by atoms with Gasteiger partial charge in [-0.05, 0) is 24.9 Å². The smallest absolute Gasteiger partial charge is 0.0157 e. The van der Waals surface area contributed by atoms with Gasteiger partial charge >= 0.3 is 0 Å². The lowest BCUT2D eigenvalue weighted by molar-refractivity contribution is 0.183. The van der Waals surface area contributed by atoms with Crippen molar-refractivity contribution in [3.63, 3.8) is 0 Å². The Morgan fingerprint density at radius 2 is 1.31 bits per heavy atom. The largest absolute Gasteiger partial charge is 0.306 e. The summed E-state index contributed by atoms with van der Waals surface area (Å²) in [5.41, 5.74) is 0.470. The van der Waals surface area contributed by atoms with Crippen LogP contribution >= 0.6 is 9.24 Å². The maximum atomic E-state index is 3.08. The van der Waals surface area contributed by atoms with Gasteiger partial charge in [0.2, 0.25) is 0 Å². The third-order valence-electron chi connectivity index (χ3n) is 3.33. The number of rotatable bonds is 3. The molecule has 0 heterocycles. The Hall–Kier alpha value is 0.130. The van der Waals surface area contributed by atoms with Crippen LogP contribution in [0.4, 0.5) is 0 Å². The summed E-state index contributed by atoms with van der Waals surface area (Å²) in [6, 6.07) is 0. The molecule has 0 aliphatic carbocycles. The fraction of sp³-hybridized carbons (Fsp3) is 0.857. The Kier molecular flexibility index (Phi) is 5.23. The van der Waals surface area contributed by atoms with E-state index in [-0.39, 0.29) is 16.0 Å². The molecule has 0 spiro atoms. The van der Waals surface area contributed by atoms with Crippen molar-refractivity contribution in [1.29, 1.82) is 0 Å². The normalized spacial score (nSPS) is 15.1. The zero-order valence-electron chi connectivity index (χ0n) is 12.4. The van der Waals surface area contributed by atoms with Crippen molar-refractivity contribution in [1.82, 2.24) is 4.90 Å². The number of hydrogen-bond acceptors (Lipinski definition) is 1. The van der Waals surface area contributed by atoms with Gasteiger partial charge in [0.05, 0.1) is 0 Å². The van der Waals surface area contributed by atoms with Crippen LogP contribution in [0.5, 0.6) is 0 Å². The molecule has 0 rings (SSSR count). The molecule has 0 aliphatic rings. The minimum absolute atomic E-state index is 0.121. The van der Waals surface area contributed by atoms with E-state index in [9.17, 15) is 0 Å². The molecule has 0 saturated carbocycles. The van der Waals surface area contributed by atoms with Crippen molar-refractivity contribution in [2.45, 2.75) is 46.7 Å². The third kappa shape index (κ3) is 3.86. The first-order valence-electron chi connectivity index (χ1n) is 6.03. The van der Waals surface area contributed by atoms with Crippen LogP contribution in [-0.4, -0.2) is 30.7 Å². The zero-order chi connectivity index (χ0) is 13.2. The molecule has 96 valence electrons. The van der Waals surface area contributed by atoms with Crippen LogP contribution in [0.1, 0.15) is 41.5 Å². The third-order valence-corrected chi connectivity index (χ3v) is 5.26. The Balaban J connectivity index is 5.06. The summed E-state index contributed by atoms with van der Waals surface area (Å²) in [4.78, 5) is 2.19. The highest BCUT2D eigenvalue weighted by Crippen LogP contribution is 2.51. The van der Waals surface area contributed by atoms with Crippen molar-refractivity contribution in [3.8, 4) is 0 Å².